The lowest BCUT2D eigenvalue weighted by Crippen LogP contribution is -2.35. The Morgan fingerprint density at radius 1 is 0.967 bits per heavy atom. The van der Waals surface area contributed by atoms with Crippen molar-refractivity contribution in [2.45, 2.75) is 13.0 Å². The summed E-state index contributed by atoms with van der Waals surface area (Å²) in [4.78, 5) is 16.8. The highest BCUT2D eigenvalue weighted by atomic mass is 16.5. The van der Waals surface area contributed by atoms with Gasteiger partial charge in [0.2, 0.25) is 5.91 Å². The normalized spacial score (nSPS) is 23.3. The van der Waals surface area contributed by atoms with Crippen LogP contribution >= 0.6 is 0 Å². The molecule has 0 unspecified atom stereocenters. The van der Waals surface area contributed by atoms with Gasteiger partial charge in [-0.2, -0.15) is 0 Å². The molecule has 2 heterocycles. The second-order valence-electron chi connectivity index (χ2n) is 8.10. The number of benzene rings is 2. The molecule has 2 saturated heterocycles. The van der Waals surface area contributed by atoms with Gasteiger partial charge in [0.25, 0.3) is 0 Å². The number of ether oxygens (including phenoxy) is 3. The van der Waals surface area contributed by atoms with E-state index in [1.54, 1.807) is 21.1 Å². The molecule has 0 saturated carbocycles. The summed E-state index contributed by atoms with van der Waals surface area (Å²) in [5, 5.41) is 0. The van der Waals surface area contributed by atoms with E-state index in [-0.39, 0.29) is 11.9 Å². The van der Waals surface area contributed by atoms with Gasteiger partial charge in [0.15, 0.2) is 0 Å². The van der Waals surface area contributed by atoms with Gasteiger partial charge in [-0.05, 0) is 35.7 Å². The van der Waals surface area contributed by atoms with Gasteiger partial charge >= 0.3 is 0 Å². The SMILES string of the molecule is COc1ccc([C@H]2[C@@H]3CN(CCOc4cccc(OC)c4)C[C@@H]3CN2C(C)=O)cc1. The first-order valence-electron chi connectivity index (χ1n) is 10.5. The van der Waals surface area contributed by atoms with Gasteiger partial charge in [0.1, 0.15) is 23.9 Å². The molecular weight excluding hydrogens is 380 g/mol. The molecular formula is C24H30N2O4. The van der Waals surface area contributed by atoms with Gasteiger partial charge in [-0.3, -0.25) is 9.69 Å². The Kier molecular flexibility index (Phi) is 6.13. The molecule has 2 aliphatic heterocycles. The lowest BCUT2D eigenvalue weighted by Gasteiger charge is -2.29. The monoisotopic (exact) mass is 410 g/mol. The van der Waals surface area contributed by atoms with E-state index in [1.165, 1.54) is 5.56 Å². The highest BCUT2D eigenvalue weighted by Crippen LogP contribution is 2.45. The summed E-state index contributed by atoms with van der Waals surface area (Å²) in [6.07, 6.45) is 0. The minimum Gasteiger partial charge on any atom is -0.497 e. The predicted molar refractivity (Wildman–Crippen MR) is 115 cm³/mol. The minimum atomic E-state index is 0.128. The standard InChI is InChI=1S/C24H30N2O4/c1-17(27)26-15-19-14-25(11-12-30-22-6-4-5-21(13-22)29-3)16-23(19)24(26)18-7-9-20(28-2)10-8-18/h4-10,13,19,23-24H,11-12,14-16H2,1-3H3/t19-,23-,24+/m1/s1. The number of likely N-dealkylation sites (tertiary alicyclic amines) is 2. The first kappa shape index (κ1) is 20.5. The second-order valence-corrected chi connectivity index (χ2v) is 8.10. The average Bonchev–Trinajstić information content (AvgIpc) is 3.31. The Bertz CT molecular complexity index is 870. The van der Waals surface area contributed by atoms with Gasteiger partial charge in [-0.25, -0.2) is 0 Å². The van der Waals surface area contributed by atoms with Crippen molar-refractivity contribution in [2.75, 3.05) is 47.0 Å². The lowest BCUT2D eigenvalue weighted by molar-refractivity contribution is -0.130. The van der Waals surface area contributed by atoms with Crippen molar-refractivity contribution in [1.82, 2.24) is 9.80 Å². The molecule has 2 aliphatic rings. The van der Waals surface area contributed by atoms with Crippen molar-refractivity contribution in [3.05, 3.63) is 54.1 Å². The van der Waals surface area contributed by atoms with Crippen LogP contribution in [0.4, 0.5) is 0 Å². The van der Waals surface area contributed by atoms with Gasteiger partial charge in [-0.15, -0.1) is 0 Å². The Hall–Kier alpha value is -2.73. The van der Waals surface area contributed by atoms with Crippen LogP contribution in [0.25, 0.3) is 0 Å². The molecule has 0 radical (unpaired) electrons. The lowest BCUT2D eigenvalue weighted by atomic mass is 9.89. The molecule has 0 N–H and O–H groups in total. The smallest absolute Gasteiger partial charge is 0.219 e. The van der Waals surface area contributed by atoms with Crippen LogP contribution in [0.15, 0.2) is 48.5 Å². The fraction of sp³-hybridized carbons (Fsp3) is 0.458. The Morgan fingerprint density at radius 2 is 1.70 bits per heavy atom. The summed E-state index contributed by atoms with van der Waals surface area (Å²) in [5.74, 6) is 3.56. The van der Waals surface area contributed by atoms with Crippen LogP contribution in [0, 0.1) is 11.8 Å². The third-order valence-electron chi connectivity index (χ3n) is 6.32. The maximum absolute atomic E-state index is 12.3. The number of carbonyl (C=O) groups excluding carboxylic acids is 1. The van der Waals surface area contributed by atoms with E-state index in [0.29, 0.717) is 18.4 Å². The van der Waals surface area contributed by atoms with E-state index in [2.05, 4.69) is 17.0 Å². The molecule has 0 spiro atoms. The number of hydrogen-bond acceptors (Lipinski definition) is 5. The molecule has 2 fully saturated rings. The van der Waals surface area contributed by atoms with Crippen LogP contribution in [0.5, 0.6) is 17.2 Å². The van der Waals surface area contributed by atoms with E-state index in [1.807, 2.05) is 41.3 Å². The number of carbonyl (C=O) groups is 1. The topological polar surface area (TPSA) is 51.2 Å². The number of hydrogen-bond donors (Lipinski definition) is 0. The summed E-state index contributed by atoms with van der Waals surface area (Å²) in [6, 6.07) is 16.0. The molecule has 2 aromatic carbocycles. The van der Waals surface area contributed by atoms with Crippen molar-refractivity contribution in [2.24, 2.45) is 11.8 Å². The number of rotatable bonds is 7. The van der Waals surface area contributed by atoms with Crippen LogP contribution in [-0.2, 0) is 4.79 Å². The van der Waals surface area contributed by atoms with Gasteiger partial charge in [0, 0.05) is 45.1 Å². The van der Waals surface area contributed by atoms with Crippen LogP contribution < -0.4 is 14.2 Å². The zero-order chi connectivity index (χ0) is 21.1. The highest BCUT2D eigenvalue weighted by molar-refractivity contribution is 5.74. The minimum absolute atomic E-state index is 0.128. The van der Waals surface area contributed by atoms with Crippen molar-refractivity contribution < 1.29 is 19.0 Å². The maximum atomic E-state index is 12.3. The van der Waals surface area contributed by atoms with Gasteiger partial charge in [0.05, 0.1) is 20.3 Å². The van der Waals surface area contributed by atoms with Crippen LogP contribution in [0.1, 0.15) is 18.5 Å². The summed E-state index contributed by atoms with van der Waals surface area (Å²) in [5.41, 5.74) is 1.19. The fourth-order valence-corrected chi connectivity index (χ4v) is 4.86. The van der Waals surface area contributed by atoms with Crippen molar-refractivity contribution in [3.8, 4) is 17.2 Å². The molecule has 6 nitrogen and oxygen atoms in total. The maximum Gasteiger partial charge on any atom is 0.219 e. The first-order chi connectivity index (χ1) is 14.6. The zero-order valence-electron chi connectivity index (χ0n) is 17.9. The van der Waals surface area contributed by atoms with E-state index in [0.717, 1.165) is 43.4 Å². The van der Waals surface area contributed by atoms with E-state index < -0.39 is 0 Å². The molecule has 0 aliphatic carbocycles. The second kappa shape index (κ2) is 8.96. The van der Waals surface area contributed by atoms with E-state index in [9.17, 15) is 4.79 Å². The molecule has 4 rings (SSSR count). The number of nitrogens with zero attached hydrogens (tertiary/aromatic N) is 2. The zero-order valence-corrected chi connectivity index (χ0v) is 17.9. The Balaban J connectivity index is 1.39. The first-order valence-corrected chi connectivity index (χ1v) is 10.5. The van der Waals surface area contributed by atoms with Crippen molar-refractivity contribution >= 4 is 5.91 Å². The molecule has 1 amide bonds. The average molecular weight is 411 g/mol. The molecule has 0 bridgehead atoms. The third-order valence-corrected chi connectivity index (χ3v) is 6.32. The quantitative estimate of drug-likeness (QED) is 0.702. The number of methoxy groups -OCH3 is 2. The highest BCUT2D eigenvalue weighted by Gasteiger charge is 2.48. The molecule has 0 aromatic heterocycles. The Labute approximate surface area is 178 Å². The summed E-state index contributed by atoms with van der Waals surface area (Å²) in [7, 11) is 3.33. The van der Waals surface area contributed by atoms with Gasteiger partial charge in [-0.1, -0.05) is 18.2 Å². The van der Waals surface area contributed by atoms with Crippen molar-refractivity contribution in [1.29, 1.82) is 0 Å². The largest absolute Gasteiger partial charge is 0.497 e. The Morgan fingerprint density at radius 3 is 2.40 bits per heavy atom. The third kappa shape index (κ3) is 4.24. The summed E-state index contributed by atoms with van der Waals surface area (Å²) in [6.45, 7) is 5.99. The molecule has 30 heavy (non-hydrogen) atoms. The summed E-state index contributed by atoms with van der Waals surface area (Å²) < 4.78 is 16.5. The number of amides is 1. The number of fused-ring (bicyclic) bond motifs is 1. The van der Waals surface area contributed by atoms with Gasteiger partial charge < -0.3 is 19.1 Å². The fourth-order valence-electron chi connectivity index (χ4n) is 4.86. The van der Waals surface area contributed by atoms with Crippen LogP contribution in [-0.4, -0.2) is 62.7 Å². The van der Waals surface area contributed by atoms with E-state index in [4.69, 9.17) is 14.2 Å². The van der Waals surface area contributed by atoms with Crippen LogP contribution in [0.2, 0.25) is 0 Å². The molecule has 6 heteroatoms. The van der Waals surface area contributed by atoms with E-state index >= 15 is 0 Å². The molecule has 2 aromatic rings. The predicted octanol–water partition coefficient (Wildman–Crippen LogP) is 3.23. The summed E-state index contributed by atoms with van der Waals surface area (Å²) >= 11 is 0. The van der Waals surface area contributed by atoms with Crippen LogP contribution in [0.3, 0.4) is 0 Å². The molecule has 160 valence electrons. The van der Waals surface area contributed by atoms with Crippen molar-refractivity contribution in [3.63, 3.8) is 0 Å². The molecule has 3 atom stereocenters.